The monoisotopic (exact) mass is 271 g/mol. The molecular formula is C15H13NO4. The largest absolute Gasteiger partial charge is 0.377 e. The lowest BCUT2D eigenvalue weighted by atomic mass is 9.78. The van der Waals surface area contributed by atoms with Crippen molar-refractivity contribution in [1.29, 1.82) is 0 Å². The fourth-order valence-corrected chi connectivity index (χ4v) is 3.80. The molecule has 0 aromatic heterocycles. The molecule has 1 saturated carbocycles. The molecule has 0 amide bonds. The Bertz CT molecular complexity index is 639. The van der Waals surface area contributed by atoms with Crippen LogP contribution in [0.4, 0.5) is 5.69 Å². The van der Waals surface area contributed by atoms with Gasteiger partial charge in [-0.2, -0.15) is 0 Å². The summed E-state index contributed by atoms with van der Waals surface area (Å²) in [6.45, 7) is 0.630. The molecule has 1 saturated heterocycles. The first-order valence-corrected chi connectivity index (χ1v) is 6.75. The lowest BCUT2D eigenvalue weighted by Gasteiger charge is -2.35. The molecule has 5 atom stereocenters. The van der Waals surface area contributed by atoms with Gasteiger partial charge < -0.3 is 4.74 Å². The Labute approximate surface area is 115 Å². The molecule has 1 aromatic rings. The number of allylic oxidation sites excluding steroid dienone is 2. The Balaban J connectivity index is 1.80. The SMILES string of the molecule is O=C1[C@@H]2[C@H]3OC[C@H]3[C@H]1C=C[C@H]2c1ccccc1[N+](=O)[O-]. The van der Waals surface area contributed by atoms with Crippen molar-refractivity contribution in [2.24, 2.45) is 17.8 Å². The van der Waals surface area contributed by atoms with Gasteiger partial charge in [-0.15, -0.1) is 0 Å². The summed E-state index contributed by atoms with van der Waals surface area (Å²) in [4.78, 5) is 23.2. The summed E-state index contributed by atoms with van der Waals surface area (Å²) in [5.41, 5.74) is 0.692. The normalized spacial score (nSPS) is 37.4. The zero-order valence-corrected chi connectivity index (χ0v) is 10.6. The van der Waals surface area contributed by atoms with Crippen LogP contribution in [0.5, 0.6) is 0 Å². The predicted molar refractivity (Wildman–Crippen MR) is 70.2 cm³/mol. The predicted octanol–water partition coefficient (Wildman–Crippen LogP) is 2.08. The summed E-state index contributed by atoms with van der Waals surface area (Å²) in [6, 6.07) is 6.66. The van der Waals surface area contributed by atoms with Crippen molar-refractivity contribution in [3.8, 4) is 0 Å². The van der Waals surface area contributed by atoms with Crippen molar-refractivity contribution in [3.63, 3.8) is 0 Å². The van der Waals surface area contributed by atoms with E-state index >= 15 is 0 Å². The van der Waals surface area contributed by atoms with E-state index in [1.54, 1.807) is 18.2 Å². The van der Waals surface area contributed by atoms with E-state index in [1.165, 1.54) is 6.07 Å². The van der Waals surface area contributed by atoms with E-state index in [1.807, 2.05) is 12.2 Å². The molecule has 5 nitrogen and oxygen atoms in total. The van der Waals surface area contributed by atoms with Gasteiger partial charge in [0.15, 0.2) is 0 Å². The number of benzene rings is 1. The maximum Gasteiger partial charge on any atom is 0.273 e. The standard InChI is InChI=1S/C15H13NO4/c17-14-10-6-5-9(13(14)15-11(10)7-20-15)8-3-1-2-4-12(8)16(18)19/h1-6,9-11,13,15H,7H2/t9-,10+,11-,13+,15-/m0/s1. The average Bonchev–Trinajstić information content (AvgIpc) is 2.53. The number of ketones is 1. The van der Waals surface area contributed by atoms with Gasteiger partial charge in [-0.05, 0) is 0 Å². The van der Waals surface area contributed by atoms with Crippen molar-refractivity contribution in [2.75, 3.05) is 6.61 Å². The lowest BCUT2D eigenvalue weighted by Crippen LogP contribution is -2.41. The van der Waals surface area contributed by atoms with E-state index in [4.69, 9.17) is 4.74 Å². The topological polar surface area (TPSA) is 69.4 Å². The number of para-hydroxylation sites is 1. The molecule has 0 N–H and O–H groups in total. The van der Waals surface area contributed by atoms with E-state index in [-0.39, 0.29) is 46.2 Å². The molecule has 1 aromatic carbocycles. The fraction of sp³-hybridized carbons (Fsp3) is 0.400. The van der Waals surface area contributed by atoms with E-state index in [0.717, 1.165) is 0 Å². The quantitative estimate of drug-likeness (QED) is 0.469. The number of Topliss-reactive ketones (excluding diaryl/α,β-unsaturated/α-hetero) is 1. The summed E-state index contributed by atoms with van der Waals surface area (Å²) in [5, 5.41) is 11.2. The summed E-state index contributed by atoms with van der Waals surface area (Å²) in [6.07, 6.45) is 3.82. The highest BCUT2D eigenvalue weighted by Gasteiger charge is 2.59. The molecule has 0 unspecified atom stereocenters. The van der Waals surface area contributed by atoms with Crippen molar-refractivity contribution >= 4 is 11.5 Å². The van der Waals surface area contributed by atoms with Crippen molar-refractivity contribution in [2.45, 2.75) is 12.0 Å². The Morgan fingerprint density at radius 2 is 1.95 bits per heavy atom. The molecule has 20 heavy (non-hydrogen) atoms. The minimum absolute atomic E-state index is 0.0437. The molecule has 2 aliphatic carbocycles. The van der Waals surface area contributed by atoms with Gasteiger partial charge in [-0.1, -0.05) is 30.4 Å². The van der Waals surface area contributed by atoms with Crippen molar-refractivity contribution < 1.29 is 14.5 Å². The van der Waals surface area contributed by atoms with E-state index in [0.29, 0.717) is 12.2 Å². The minimum atomic E-state index is -0.381. The number of fused-ring (bicyclic) bond motifs is 5. The zero-order chi connectivity index (χ0) is 13.9. The van der Waals surface area contributed by atoms with Crippen LogP contribution >= 0.6 is 0 Å². The highest BCUT2D eigenvalue weighted by atomic mass is 16.6. The van der Waals surface area contributed by atoms with Gasteiger partial charge in [0.05, 0.1) is 23.6 Å². The third kappa shape index (κ3) is 1.38. The Hall–Kier alpha value is -2.01. The molecule has 3 aliphatic rings. The maximum atomic E-state index is 12.4. The fourth-order valence-electron chi connectivity index (χ4n) is 3.80. The van der Waals surface area contributed by atoms with Gasteiger partial charge >= 0.3 is 0 Å². The Kier molecular flexibility index (Phi) is 2.35. The van der Waals surface area contributed by atoms with Gasteiger partial charge in [0.2, 0.25) is 0 Å². The maximum absolute atomic E-state index is 12.4. The summed E-state index contributed by atoms with van der Waals surface area (Å²) >= 11 is 0. The Morgan fingerprint density at radius 3 is 2.65 bits per heavy atom. The summed E-state index contributed by atoms with van der Waals surface area (Å²) < 4.78 is 5.56. The van der Waals surface area contributed by atoms with Gasteiger partial charge in [-0.25, -0.2) is 0 Å². The van der Waals surface area contributed by atoms with Crippen molar-refractivity contribution in [3.05, 3.63) is 52.1 Å². The molecule has 2 bridgehead atoms. The number of nitro benzene ring substituents is 1. The number of nitrogens with zero attached hydrogens (tertiary/aromatic N) is 1. The van der Waals surface area contributed by atoms with Crippen LogP contribution in [-0.4, -0.2) is 23.4 Å². The van der Waals surface area contributed by atoms with E-state index in [9.17, 15) is 14.9 Å². The second-order valence-corrected chi connectivity index (χ2v) is 5.64. The van der Waals surface area contributed by atoms with Crippen LogP contribution in [0.1, 0.15) is 11.5 Å². The summed E-state index contributed by atoms with van der Waals surface area (Å²) in [7, 11) is 0. The lowest BCUT2D eigenvalue weighted by molar-refractivity contribution is -0.385. The van der Waals surface area contributed by atoms with Crippen LogP contribution in [0.3, 0.4) is 0 Å². The van der Waals surface area contributed by atoms with Crippen molar-refractivity contribution in [1.82, 2.24) is 0 Å². The third-order valence-electron chi connectivity index (χ3n) is 4.78. The van der Waals surface area contributed by atoms with Gasteiger partial charge in [0.1, 0.15) is 5.78 Å². The number of hydrogen-bond donors (Lipinski definition) is 0. The van der Waals surface area contributed by atoms with Crippen LogP contribution in [0.25, 0.3) is 0 Å². The number of hydrogen-bond acceptors (Lipinski definition) is 4. The molecule has 1 aliphatic heterocycles. The van der Waals surface area contributed by atoms with Crippen LogP contribution in [0.15, 0.2) is 36.4 Å². The van der Waals surface area contributed by atoms with Crippen LogP contribution in [0, 0.1) is 27.9 Å². The third-order valence-corrected chi connectivity index (χ3v) is 4.78. The smallest absolute Gasteiger partial charge is 0.273 e. The van der Waals surface area contributed by atoms with Crippen LogP contribution < -0.4 is 0 Å². The molecule has 0 spiro atoms. The first kappa shape index (κ1) is 11.8. The van der Waals surface area contributed by atoms with Crippen LogP contribution in [0.2, 0.25) is 0 Å². The highest BCUT2D eigenvalue weighted by molar-refractivity contribution is 5.91. The molecule has 2 fully saturated rings. The first-order valence-electron chi connectivity index (χ1n) is 6.75. The number of rotatable bonds is 2. The Morgan fingerprint density at radius 1 is 1.20 bits per heavy atom. The zero-order valence-electron chi connectivity index (χ0n) is 10.6. The van der Waals surface area contributed by atoms with Gasteiger partial charge in [0, 0.05) is 29.4 Å². The average molecular weight is 271 g/mol. The molecule has 102 valence electrons. The first-order chi connectivity index (χ1) is 9.68. The molecule has 5 heteroatoms. The second-order valence-electron chi connectivity index (χ2n) is 5.64. The van der Waals surface area contributed by atoms with E-state index < -0.39 is 0 Å². The second kappa shape index (κ2) is 3.99. The van der Waals surface area contributed by atoms with Gasteiger partial charge in [0.25, 0.3) is 5.69 Å². The summed E-state index contributed by atoms with van der Waals surface area (Å²) in [5.74, 6) is -0.0852. The number of ether oxygens (including phenoxy) is 1. The number of nitro groups is 1. The van der Waals surface area contributed by atoms with Gasteiger partial charge in [-0.3, -0.25) is 14.9 Å². The molecule has 0 radical (unpaired) electrons. The van der Waals surface area contributed by atoms with E-state index in [2.05, 4.69) is 0 Å². The number of carbonyl (C=O) groups excluding carboxylic acids is 1. The molecule has 4 rings (SSSR count). The van der Waals surface area contributed by atoms with Crippen LogP contribution in [-0.2, 0) is 9.53 Å². The number of carbonyl (C=O) groups is 1. The molecular weight excluding hydrogens is 258 g/mol. The molecule has 1 heterocycles. The minimum Gasteiger partial charge on any atom is -0.377 e. The highest BCUT2D eigenvalue weighted by Crippen LogP contribution is 2.53.